The van der Waals surface area contributed by atoms with Crippen molar-refractivity contribution in [2.24, 2.45) is 0 Å². The van der Waals surface area contributed by atoms with Crippen molar-refractivity contribution in [3.63, 3.8) is 0 Å². The highest BCUT2D eigenvalue weighted by Crippen LogP contribution is 2.18. The van der Waals surface area contributed by atoms with Crippen LogP contribution >= 0.6 is 0 Å². The maximum absolute atomic E-state index is 5.39. The predicted molar refractivity (Wildman–Crippen MR) is 108 cm³/mol. The Balaban J connectivity index is 1.62. The van der Waals surface area contributed by atoms with Gasteiger partial charge < -0.3 is 15.0 Å². The molecule has 0 aliphatic rings. The van der Waals surface area contributed by atoms with Gasteiger partial charge in [-0.15, -0.1) is 5.10 Å². The summed E-state index contributed by atoms with van der Waals surface area (Å²) in [5, 5.41) is 11.5. The van der Waals surface area contributed by atoms with Gasteiger partial charge in [-0.05, 0) is 30.5 Å². The molecule has 27 heavy (non-hydrogen) atoms. The zero-order valence-electron chi connectivity index (χ0n) is 15.8. The second-order valence-electron chi connectivity index (χ2n) is 6.13. The first-order valence-corrected chi connectivity index (χ1v) is 9.14. The molecule has 3 rings (SSSR count). The summed E-state index contributed by atoms with van der Waals surface area (Å²) in [7, 11) is 1.69. The molecule has 0 atom stereocenters. The Labute approximate surface area is 160 Å². The van der Waals surface area contributed by atoms with Crippen molar-refractivity contribution in [1.29, 1.82) is 0 Å². The molecule has 140 valence electrons. The quantitative estimate of drug-likeness (QED) is 0.627. The van der Waals surface area contributed by atoms with Crippen LogP contribution in [-0.2, 0) is 13.0 Å². The lowest BCUT2D eigenvalue weighted by molar-refractivity contribution is 0.410. The fourth-order valence-corrected chi connectivity index (χ4v) is 2.90. The summed E-state index contributed by atoms with van der Waals surface area (Å²) >= 11 is 0. The van der Waals surface area contributed by atoms with Gasteiger partial charge in [-0.1, -0.05) is 48.5 Å². The van der Waals surface area contributed by atoms with E-state index in [-0.39, 0.29) is 0 Å². The highest BCUT2D eigenvalue weighted by atomic mass is 16.5. The molecule has 0 radical (unpaired) electrons. The minimum Gasteiger partial charge on any atom is -0.496 e. The second kappa shape index (κ2) is 9.52. The van der Waals surface area contributed by atoms with Gasteiger partial charge in [-0.3, -0.25) is 0 Å². The topological polar surface area (TPSA) is 63.2 Å². The number of ether oxygens (including phenoxy) is 1. The normalized spacial score (nSPS) is 10.4. The van der Waals surface area contributed by atoms with E-state index < -0.39 is 0 Å². The fourth-order valence-electron chi connectivity index (χ4n) is 2.90. The predicted octanol–water partition coefficient (Wildman–Crippen LogP) is 3.56. The van der Waals surface area contributed by atoms with Crippen molar-refractivity contribution in [1.82, 2.24) is 15.2 Å². The van der Waals surface area contributed by atoms with Crippen LogP contribution in [0.3, 0.4) is 0 Å². The van der Waals surface area contributed by atoms with Crippen molar-refractivity contribution in [2.45, 2.75) is 19.9 Å². The monoisotopic (exact) mass is 363 g/mol. The zero-order valence-corrected chi connectivity index (χ0v) is 15.8. The number of anilines is 2. The first-order chi connectivity index (χ1) is 13.3. The van der Waals surface area contributed by atoms with Gasteiger partial charge in [0.05, 0.1) is 13.3 Å². The number of rotatable bonds is 9. The van der Waals surface area contributed by atoms with Gasteiger partial charge in [-0.25, -0.2) is 0 Å². The van der Waals surface area contributed by atoms with Crippen LogP contribution in [0, 0.1) is 0 Å². The van der Waals surface area contributed by atoms with Gasteiger partial charge in [0.25, 0.3) is 0 Å². The van der Waals surface area contributed by atoms with E-state index in [0.29, 0.717) is 12.5 Å². The molecule has 0 spiro atoms. The standard InChI is InChI=1S/C21H25N5O/c1-3-26(16-17-9-5-4-6-10-17)20-15-23-25-21(24-20)22-14-13-18-11-7-8-12-19(18)27-2/h4-12,15H,3,13-14,16H2,1-2H3,(H,22,24,25). The minimum absolute atomic E-state index is 0.536. The van der Waals surface area contributed by atoms with Crippen molar-refractivity contribution >= 4 is 11.8 Å². The molecule has 0 aliphatic heterocycles. The van der Waals surface area contributed by atoms with Gasteiger partial charge in [0.1, 0.15) is 5.75 Å². The van der Waals surface area contributed by atoms with Gasteiger partial charge in [0, 0.05) is 19.6 Å². The Hall–Kier alpha value is -3.15. The molecule has 0 unspecified atom stereocenters. The lowest BCUT2D eigenvalue weighted by Crippen LogP contribution is -2.24. The Kier molecular flexibility index (Phi) is 6.57. The maximum atomic E-state index is 5.39. The maximum Gasteiger partial charge on any atom is 0.244 e. The Morgan fingerprint density at radius 3 is 2.59 bits per heavy atom. The Bertz CT molecular complexity index is 841. The molecule has 1 N–H and O–H groups in total. The highest BCUT2D eigenvalue weighted by molar-refractivity contribution is 5.41. The van der Waals surface area contributed by atoms with Gasteiger partial charge in [-0.2, -0.15) is 10.1 Å². The van der Waals surface area contributed by atoms with E-state index in [1.165, 1.54) is 5.56 Å². The SMILES string of the molecule is CCN(Cc1ccccc1)c1cnnc(NCCc2ccccc2OC)n1. The molecule has 2 aromatic carbocycles. The number of methoxy groups -OCH3 is 1. The Morgan fingerprint density at radius 1 is 1.04 bits per heavy atom. The van der Waals surface area contributed by atoms with E-state index >= 15 is 0 Å². The number of hydrogen-bond donors (Lipinski definition) is 1. The molecule has 6 heteroatoms. The van der Waals surface area contributed by atoms with E-state index in [9.17, 15) is 0 Å². The summed E-state index contributed by atoms with van der Waals surface area (Å²) in [6.07, 6.45) is 2.52. The van der Waals surface area contributed by atoms with Crippen LogP contribution in [0.25, 0.3) is 0 Å². The molecular weight excluding hydrogens is 338 g/mol. The minimum atomic E-state index is 0.536. The molecule has 0 aliphatic carbocycles. The Morgan fingerprint density at radius 2 is 1.81 bits per heavy atom. The van der Waals surface area contributed by atoms with E-state index in [2.05, 4.69) is 50.5 Å². The third-order valence-electron chi connectivity index (χ3n) is 4.34. The first kappa shape index (κ1) is 18.6. The zero-order chi connectivity index (χ0) is 18.9. The molecular formula is C21H25N5O. The molecule has 3 aromatic rings. The third kappa shape index (κ3) is 5.17. The molecule has 6 nitrogen and oxygen atoms in total. The van der Waals surface area contributed by atoms with Crippen molar-refractivity contribution in [3.8, 4) is 5.75 Å². The van der Waals surface area contributed by atoms with Gasteiger partial charge in [0.15, 0.2) is 5.82 Å². The molecule has 0 bridgehead atoms. The first-order valence-electron chi connectivity index (χ1n) is 9.14. The fraction of sp³-hybridized carbons (Fsp3) is 0.286. The van der Waals surface area contributed by atoms with Crippen LogP contribution in [0.15, 0.2) is 60.8 Å². The summed E-state index contributed by atoms with van der Waals surface area (Å²) < 4.78 is 5.39. The van der Waals surface area contributed by atoms with Gasteiger partial charge in [0.2, 0.25) is 5.95 Å². The molecule has 0 saturated heterocycles. The third-order valence-corrected chi connectivity index (χ3v) is 4.34. The smallest absolute Gasteiger partial charge is 0.244 e. The number of nitrogens with zero attached hydrogens (tertiary/aromatic N) is 4. The van der Waals surface area contributed by atoms with E-state index in [1.807, 2.05) is 36.4 Å². The summed E-state index contributed by atoms with van der Waals surface area (Å²) in [4.78, 5) is 6.80. The van der Waals surface area contributed by atoms with Crippen molar-refractivity contribution < 1.29 is 4.74 Å². The van der Waals surface area contributed by atoms with Gasteiger partial charge >= 0.3 is 0 Å². The summed E-state index contributed by atoms with van der Waals surface area (Å²) in [6.45, 7) is 4.45. The lowest BCUT2D eigenvalue weighted by atomic mass is 10.1. The average molecular weight is 363 g/mol. The van der Waals surface area contributed by atoms with Crippen LogP contribution in [0.5, 0.6) is 5.75 Å². The van der Waals surface area contributed by atoms with Crippen LogP contribution in [0.2, 0.25) is 0 Å². The number of hydrogen-bond acceptors (Lipinski definition) is 6. The van der Waals surface area contributed by atoms with Crippen LogP contribution in [0.4, 0.5) is 11.8 Å². The van der Waals surface area contributed by atoms with E-state index in [4.69, 9.17) is 4.74 Å². The number of para-hydroxylation sites is 1. The van der Waals surface area contributed by atoms with Crippen molar-refractivity contribution in [3.05, 3.63) is 71.9 Å². The average Bonchev–Trinajstić information content (AvgIpc) is 2.73. The highest BCUT2D eigenvalue weighted by Gasteiger charge is 2.09. The van der Waals surface area contributed by atoms with Crippen LogP contribution in [0.1, 0.15) is 18.1 Å². The van der Waals surface area contributed by atoms with E-state index in [0.717, 1.165) is 36.6 Å². The molecule has 0 amide bonds. The largest absolute Gasteiger partial charge is 0.496 e. The van der Waals surface area contributed by atoms with Crippen LogP contribution in [-0.4, -0.2) is 35.4 Å². The summed E-state index contributed by atoms with van der Waals surface area (Å²) in [5.41, 5.74) is 2.39. The number of aromatic nitrogens is 3. The molecule has 0 saturated carbocycles. The van der Waals surface area contributed by atoms with Crippen molar-refractivity contribution in [2.75, 3.05) is 30.4 Å². The summed E-state index contributed by atoms with van der Waals surface area (Å²) in [5.74, 6) is 2.25. The molecule has 0 fully saturated rings. The number of nitrogens with one attached hydrogen (secondary N) is 1. The lowest BCUT2D eigenvalue weighted by Gasteiger charge is -2.21. The molecule has 1 heterocycles. The second-order valence-corrected chi connectivity index (χ2v) is 6.13. The number of benzene rings is 2. The summed E-state index contributed by atoms with van der Waals surface area (Å²) in [6, 6.07) is 18.4. The van der Waals surface area contributed by atoms with E-state index in [1.54, 1.807) is 13.3 Å². The molecule has 1 aromatic heterocycles. The van der Waals surface area contributed by atoms with Crippen LogP contribution < -0.4 is 15.0 Å².